The monoisotopic (exact) mass is 396 g/mol. The Morgan fingerprint density at radius 1 is 1.00 bits per heavy atom. The van der Waals surface area contributed by atoms with Crippen molar-refractivity contribution in [2.45, 2.75) is 50.6 Å². The molecule has 0 saturated heterocycles. The van der Waals surface area contributed by atoms with Gasteiger partial charge < -0.3 is 20.7 Å². The summed E-state index contributed by atoms with van der Waals surface area (Å²) in [7, 11) is 1.74. The Hall–Kier alpha value is -2.25. The predicted octanol–water partition coefficient (Wildman–Crippen LogP) is 3.32. The van der Waals surface area contributed by atoms with Gasteiger partial charge in [0.2, 0.25) is 5.95 Å². The highest BCUT2D eigenvalue weighted by Gasteiger charge is 2.22. The largest absolute Gasteiger partial charge is 0.383 e. The fraction of sp³-hybridized carbons (Fsp3) is 0.591. The molecule has 2 aromatic heterocycles. The van der Waals surface area contributed by atoms with Gasteiger partial charge in [-0.2, -0.15) is 0 Å². The van der Waals surface area contributed by atoms with E-state index in [9.17, 15) is 0 Å². The van der Waals surface area contributed by atoms with Crippen LogP contribution < -0.4 is 16.0 Å². The first kappa shape index (κ1) is 20.0. The Labute approximate surface area is 173 Å². The van der Waals surface area contributed by atoms with Crippen LogP contribution >= 0.6 is 0 Å². The second-order valence-electron chi connectivity index (χ2n) is 8.16. The Morgan fingerprint density at radius 3 is 2.59 bits per heavy atom. The van der Waals surface area contributed by atoms with E-state index in [4.69, 9.17) is 9.72 Å². The summed E-state index contributed by atoms with van der Waals surface area (Å²) >= 11 is 0. The highest BCUT2D eigenvalue weighted by Crippen LogP contribution is 2.29. The van der Waals surface area contributed by atoms with Crippen molar-refractivity contribution >= 4 is 11.8 Å². The van der Waals surface area contributed by atoms with Crippen LogP contribution in [0.3, 0.4) is 0 Å². The van der Waals surface area contributed by atoms with E-state index < -0.39 is 0 Å². The third kappa shape index (κ3) is 6.11. The molecule has 29 heavy (non-hydrogen) atoms. The smallest absolute Gasteiger partial charge is 0.223 e. The molecule has 0 aromatic carbocycles. The van der Waals surface area contributed by atoms with Gasteiger partial charge in [-0.25, -0.2) is 15.0 Å². The topological polar surface area (TPSA) is 84.0 Å². The molecule has 0 bridgehead atoms. The molecule has 2 fully saturated rings. The number of hydrogen-bond acceptors (Lipinski definition) is 7. The van der Waals surface area contributed by atoms with Crippen LogP contribution in [0.4, 0.5) is 11.8 Å². The zero-order valence-electron chi connectivity index (χ0n) is 17.2. The fourth-order valence-corrected chi connectivity index (χ4v) is 3.84. The molecule has 4 rings (SSSR count). The van der Waals surface area contributed by atoms with Crippen molar-refractivity contribution in [3.8, 4) is 11.3 Å². The molecule has 0 aliphatic heterocycles. The van der Waals surface area contributed by atoms with Gasteiger partial charge in [0.25, 0.3) is 0 Å². The zero-order chi connectivity index (χ0) is 19.9. The number of ether oxygens (including phenoxy) is 1. The molecule has 2 aliphatic carbocycles. The second kappa shape index (κ2) is 9.98. The Morgan fingerprint density at radius 2 is 1.79 bits per heavy atom. The molecule has 0 atom stereocenters. The maximum absolute atomic E-state index is 5.12. The minimum Gasteiger partial charge on any atom is -0.383 e. The quantitative estimate of drug-likeness (QED) is 0.531. The van der Waals surface area contributed by atoms with Crippen molar-refractivity contribution in [2.75, 3.05) is 37.4 Å². The highest BCUT2D eigenvalue weighted by molar-refractivity contribution is 5.63. The van der Waals surface area contributed by atoms with Crippen LogP contribution in [-0.2, 0) is 4.74 Å². The van der Waals surface area contributed by atoms with Crippen molar-refractivity contribution in [1.29, 1.82) is 0 Å². The Bertz CT molecular complexity index is 773. The van der Waals surface area contributed by atoms with Gasteiger partial charge in [-0.1, -0.05) is 0 Å². The molecule has 0 unspecified atom stereocenters. The van der Waals surface area contributed by atoms with Gasteiger partial charge in [0.1, 0.15) is 5.82 Å². The van der Waals surface area contributed by atoms with Crippen LogP contribution in [0.25, 0.3) is 11.3 Å². The molecule has 0 spiro atoms. The van der Waals surface area contributed by atoms with E-state index in [1.54, 1.807) is 7.11 Å². The van der Waals surface area contributed by atoms with Crippen LogP contribution in [0.5, 0.6) is 0 Å². The summed E-state index contributed by atoms with van der Waals surface area (Å²) in [4.78, 5) is 13.6. The van der Waals surface area contributed by atoms with E-state index in [0.717, 1.165) is 55.5 Å². The molecule has 7 nitrogen and oxygen atoms in total. The van der Waals surface area contributed by atoms with Crippen LogP contribution in [0, 0.1) is 5.92 Å². The first-order valence-electron chi connectivity index (χ1n) is 10.8. The summed E-state index contributed by atoms with van der Waals surface area (Å²) < 4.78 is 5.12. The summed E-state index contributed by atoms with van der Waals surface area (Å²) in [5, 5.41) is 10.5. The van der Waals surface area contributed by atoms with Gasteiger partial charge in [-0.05, 0) is 62.6 Å². The molecule has 156 valence electrons. The maximum atomic E-state index is 5.12. The minimum atomic E-state index is 0.430. The number of anilines is 2. The summed E-state index contributed by atoms with van der Waals surface area (Å²) in [6, 6.07) is 7.06. The number of hydrogen-bond donors (Lipinski definition) is 3. The molecule has 2 heterocycles. The number of aromatic nitrogens is 3. The molecule has 2 saturated carbocycles. The molecule has 2 aromatic rings. The van der Waals surface area contributed by atoms with Gasteiger partial charge >= 0.3 is 0 Å². The minimum absolute atomic E-state index is 0.430. The fourth-order valence-electron chi connectivity index (χ4n) is 3.84. The highest BCUT2D eigenvalue weighted by atomic mass is 16.5. The lowest BCUT2D eigenvalue weighted by molar-refractivity contribution is 0.191. The average Bonchev–Trinajstić information content (AvgIpc) is 3.59. The number of nitrogens with one attached hydrogen (secondary N) is 3. The van der Waals surface area contributed by atoms with Crippen molar-refractivity contribution in [2.24, 2.45) is 5.92 Å². The third-order valence-corrected chi connectivity index (χ3v) is 5.78. The standard InChI is InChI=1S/C22H32N6O/c1-29-13-12-23-18-4-6-19(7-5-18)27-22-25-11-9-20(28-22)17-8-10-24-21(14-17)26-15-16-2-3-16/h8-11,14,16,18-19,23H,2-7,12-13,15H2,1H3,(H,24,26)(H,25,27,28). The average molecular weight is 397 g/mol. The maximum Gasteiger partial charge on any atom is 0.223 e. The molecular weight excluding hydrogens is 364 g/mol. The van der Waals surface area contributed by atoms with E-state index >= 15 is 0 Å². The lowest BCUT2D eigenvalue weighted by Gasteiger charge is -2.29. The number of pyridine rings is 1. The molecular formula is C22H32N6O. The second-order valence-corrected chi connectivity index (χ2v) is 8.16. The molecule has 0 radical (unpaired) electrons. The Balaban J connectivity index is 1.31. The predicted molar refractivity (Wildman–Crippen MR) is 116 cm³/mol. The summed E-state index contributed by atoms with van der Waals surface area (Å²) in [6.45, 7) is 2.70. The lowest BCUT2D eigenvalue weighted by atomic mass is 9.91. The molecule has 3 N–H and O–H groups in total. The van der Waals surface area contributed by atoms with E-state index in [-0.39, 0.29) is 0 Å². The molecule has 0 amide bonds. The van der Waals surface area contributed by atoms with E-state index in [2.05, 4.69) is 32.0 Å². The number of rotatable bonds is 10. The summed E-state index contributed by atoms with van der Waals surface area (Å²) in [5.41, 5.74) is 1.99. The normalized spacial score (nSPS) is 21.7. The van der Waals surface area contributed by atoms with Crippen LogP contribution in [0.15, 0.2) is 30.6 Å². The van der Waals surface area contributed by atoms with Gasteiger partial charge in [0, 0.05) is 50.2 Å². The molecule has 7 heteroatoms. The van der Waals surface area contributed by atoms with Crippen molar-refractivity contribution < 1.29 is 4.74 Å². The van der Waals surface area contributed by atoms with E-state index in [0.29, 0.717) is 18.0 Å². The van der Waals surface area contributed by atoms with Gasteiger partial charge in [0.05, 0.1) is 12.3 Å². The van der Waals surface area contributed by atoms with Gasteiger partial charge in [-0.3, -0.25) is 0 Å². The van der Waals surface area contributed by atoms with Gasteiger partial charge in [0.15, 0.2) is 0 Å². The summed E-state index contributed by atoms with van der Waals surface area (Å²) in [6.07, 6.45) is 10.9. The third-order valence-electron chi connectivity index (χ3n) is 5.78. The van der Waals surface area contributed by atoms with Crippen molar-refractivity contribution in [1.82, 2.24) is 20.3 Å². The Kier molecular flexibility index (Phi) is 6.90. The van der Waals surface area contributed by atoms with Crippen LogP contribution in [0.2, 0.25) is 0 Å². The van der Waals surface area contributed by atoms with Crippen molar-refractivity contribution in [3.63, 3.8) is 0 Å². The lowest BCUT2D eigenvalue weighted by Crippen LogP contribution is -2.38. The SMILES string of the molecule is COCCNC1CCC(Nc2nccc(-c3ccnc(NCC4CC4)c3)n2)CC1. The number of methoxy groups -OCH3 is 1. The van der Waals surface area contributed by atoms with Gasteiger partial charge in [-0.15, -0.1) is 0 Å². The van der Waals surface area contributed by atoms with Crippen LogP contribution in [-0.4, -0.2) is 53.8 Å². The first-order chi connectivity index (χ1) is 14.3. The van der Waals surface area contributed by atoms with E-state index in [1.807, 2.05) is 24.5 Å². The van der Waals surface area contributed by atoms with Crippen molar-refractivity contribution in [3.05, 3.63) is 30.6 Å². The van der Waals surface area contributed by atoms with Crippen LogP contribution in [0.1, 0.15) is 38.5 Å². The zero-order valence-corrected chi connectivity index (χ0v) is 17.2. The number of nitrogens with zero attached hydrogens (tertiary/aromatic N) is 3. The summed E-state index contributed by atoms with van der Waals surface area (Å²) in [5.74, 6) is 2.45. The van der Waals surface area contributed by atoms with E-state index in [1.165, 1.54) is 25.7 Å². The molecule has 2 aliphatic rings. The first-order valence-corrected chi connectivity index (χ1v) is 10.8.